The van der Waals surface area contributed by atoms with Crippen LogP contribution in [0.5, 0.6) is 0 Å². The minimum absolute atomic E-state index is 0.676. The van der Waals surface area contributed by atoms with Crippen molar-refractivity contribution in [1.29, 1.82) is 0 Å². The smallest absolute Gasteiger partial charge is 0.160 e. The zero-order valence-corrected chi connectivity index (χ0v) is 36.3. The van der Waals surface area contributed by atoms with Gasteiger partial charge in [-0.15, -0.1) is 0 Å². The van der Waals surface area contributed by atoms with Crippen LogP contribution in [0.1, 0.15) is 0 Å². The lowest BCUT2D eigenvalue weighted by Gasteiger charge is -2.24. The van der Waals surface area contributed by atoms with Gasteiger partial charge in [0.15, 0.2) is 5.82 Å². The van der Waals surface area contributed by atoms with Gasteiger partial charge in [-0.1, -0.05) is 249 Å². The summed E-state index contributed by atoms with van der Waals surface area (Å²) < 4.78 is 0. The Morgan fingerprint density at radius 3 is 0.970 bits per heavy atom. The molecular formula is C64H44N2. The Kier molecular flexibility index (Phi) is 11.0. The van der Waals surface area contributed by atoms with E-state index in [1.807, 2.05) is 6.07 Å². The molecule has 0 unspecified atom stereocenters. The normalized spacial score (nSPS) is 11.0. The van der Waals surface area contributed by atoms with Crippen molar-refractivity contribution in [2.24, 2.45) is 0 Å². The summed E-state index contributed by atoms with van der Waals surface area (Å²) in [6.07, 6.45) is 0. The molecule has 1 aromatic heterocycles. The van der Waals surface area contributed by atoms with E-state index in [9.17, 15) is 0 Å². The van der Waals surface area contributed by atoms with Crippen LogP contribution >= 0.6 is 0 Å². The maximum absolute atomic E-state index is 5.36. The molecule has 0 aliphatic heterocycles. The molecule has 11 aromatic rings. The third-order valence-corrected chi connectivity index (χ3v) is 12.3. The lowest BCUT2D eigenvalue weighted by molar-refractivity contribution is 1.18. The minimum atomic E-state index is 0.676. The fourth-order valence-electron chi connectivity index (χ4n) is 9.08. The molecule has 0 saturated carbocycles. The zero-order valence-electron chi connectivity index (χ0n) is 36.3. The predicted molar refractivity (Wildman–Crippen MR) is 276 cm³/mol. The maximum Gasteiger partial charge on any atom is 0.160 e. The molecule has 0 atom stereocenters. The van der Waals surface area contributed by atoms with Gasteiger partial charge >= 0.3 is 0 Å². The summed E-state index contributed by atoms with van der Waals surface area (Å²) in [5, 5.41) is 0. The highest BCUT2D eigenvalue weighted by atomic mass is 14.9. The molecular weight excluding hydrogens is 797 g/mol. The van der Waals surface area contributed by atoms with Crippen LogP contribution in [-0.2, 0) is 0 Å². The number of benzene rings is 10. The first-order valence-electron chi connectivity index (χ1n) is 22.5. The first-order valence-corrected chi connectivity index (χ1v) is 22.5. The van der Waals surface area contributed by atoms with E-state index < -0.39 is 0 Å². The molecule has 11 rings (SSSR count). The van der Waals surface area contributed by atoms with E-state index in [0.717, 1.165) is 67.0 Å². The van der Waals surface area contributed by atoms with E-state index in [4.69, 9.17) is 9.97 Å². The van der Waals surface area contributed by atoms with Gasteiger partial charge in [-0.3, -0.25) is 0 Å². The van der Waals surface area contributed by atoms with Gasteiger partial charge in [0.1, 0.15) is 0 Å². The topological polar surface area (TPSA) is 25.8 Å². The van der Waals surface area contributed by atoms with E-state index in [1.165, 1.54) is 38.9 Å². The molecule has 0 amide bonds. The second kappa shape index (κ2) is 18.2. The highest BCUT2D eigenvalue weighted by Gasteiger charge is 2.24. The van der Waals surface area contributed by atoms with Crippen LogP contribution in [0.25, 0.3) is 112 Å². The number of hydrogen-bond acceptors (Lipinski definition) is 2. The fourth-order valence-corrected chi connectivity index (χ4v) is 9.08. The standard InChI is InChI=1S/C64H44N2/c1-7-20-45(21-8-1)47-34-38-50(39-35-47)59-44-60(66-64(65-59)54-40-36-48(37-41-54)46-22-9-2-10-23-46)56-33-19-32-55(42-56)58-43-57(49-24-11-3-12-25-49)61(51-26-13-4-14-27-51)63(53-30-17-6-18-31-53)62(58)52-28-15-5-16-29-52/h1-44H. The molecule has 1 heterocycles. The van der Waals surface area contributed by atoms with Crippen LogP contribution < -0.4 is 0 Å². The summed E-state index contributed by atoms with van der Waals surface area (Å²) in [7, 11) is 0. The highest BCUT2D eigenvalue weighted by molar-refractivity contribution is 6.07. The zero-order chi connectivity index (χ0) is 44.1. The molecule has 0 fully saturated rings. The lowest BCUT2D eigenvalue weighted by atomic mass is 9.78. The Labute approximate surface area is 386 Å². The van der Waals surface area contributed by atoms with Gasteiger partial charge in [0, 0.05) is 16.7 Å². The molecule has 0 aliphatic rings. The number of hydrogen-bond donors (Lipinski definition) is 0. The number of rotatable bonds is 10. The van der Waals surface area contributed by atoms with Gasteiger partial charge in [0.05, 0.1) is 11.4 Å². The molecule has 0 spiro atoms. The maximum atomic E-state index is 5.36. The molecule has 0 saturated heterocycles. The van der Waals surface area contributed by atoms with Gasteiger partial charge < -0.3 is 0 Å². The van der Waals surface area contributed by atoms with Crippen LogP contribution in [0.4, 0.5) is 0 Å². The first kappa shape index (κ1) is 40.1. The van der Waals surface area contributed by atoms with Gasteiger partial charge in [0.2, 0.25) is 0 Å². The Bertz CT molecular complexity index is 3290. The summed E-state index contributed by atoms with van der Waals surface area (Å²) in [6.45, 7) is 0. The van der Waals surface area contributed by atoms with E-state index in [0.29, 0.717) is 5.82 Å². The molecule has 0 bridgehead atoms. The largest absolute Gasteiger partial charge is 0.228 e. The van der Waals surface area contributed by atoms with Crippen LogP contribution in [0.3, 0.4) is 0 Å². The second-order valence-electron chi connectivity index (χ2n) is 16.5. The minimum Gasteiger partial charge on any atom is -0.228 e. The van der Waals surface area contributed by atoms with Crippen molar-refractivity contribution in [3.05, 3.63) is 267 Å². The van der Waals surface area contributed by atoms with Gasteiger partial charge in [-0.2, -0.15) is 0 Å². The Balaban J connectivity index is 1.12. The molecule has 66 heavy (non-hydrogen) atoms. The highest BCUT2D eigenvalue weighted by Crippen LogP contribution is 2.50. The average molecular weight is 841 g/mol. The van der Waals surface area contributed by atoms with Crippen molar-refractivity contribution in [3.8, 4) is 112 Å². The Hall–Kier alpha value is -8.72. The van der Waals surface area contributed by atoms with Gasteiger partial charge in [0.25, 0.3) is 0 Å². The number of aromatic nitrogens is 2. The van der Waals surface area contributed by atoms with Gasteiger partial charge in [-0.25, -0.2) is 9.97 Å². The van der Waals surface area contributed by atoms with Crippen molar-refractivity contribution < 1.29 is 0 Å². The fraction of sp³-hybridized carbons (Fsp3) is 0. The molecule has 0 aliphatic carbocycles. The van der Waals surface area contributed by atoms with E-state index >= 15 is 0 Å². The summed E-state index contributed by atoms with van der Waals surface area (Å²) in [5.41, 5.74) is 21.0. The summed E-state index contributed by atoms with van der Waals surface area (Å²) >= 11 is 0. The molecule has 2 nitrogen and oxygen atoms in total. The first-order chi connectivity index (χ1) is 32.7. The summed E-state index contributed by atoms with van der Waals surface area (Å²) in [5.74, 6) is 0.676. The second-order valence-corrected chi connectivity index (χ2v) is 16.5. The molecule has 0 N–H and O–H groups in total. The molecule has 0 radical (unpaired) electrons. The molecule has 10 aromatic carbocycles. The average Bonchev–Trinajstić information content (AvgIpc) is 3.42. The molecule has 310 valence electrons. The van der Waals surface area contributed by atoms with Gasteiger partial charge in [-0.05, 0) is 96.1 Å². The van der Waals surface area contributed by atoms with Crippen molar-refractivity contribution in [1.82, 2.24) is 9.97 Å². The van der Waals surface area contributed by atoms with Crippen LogP contribution in [0.2, 0.25) is 0 Å². The Morgan fingerprint density at radius 2 is 0.500 bits per heavy atom. The summed E-state index contributed by atoms with van der Waals surface area (Å²) in [4.78, 5) is 10.6. The van der Waals surface area contributed by atoms with E-state index in [-0.39, 0.29) is 0 Å². The van der Waals surface area contributed by atoms with E-state index in [2.05, 4.69) is 261 Å². The van der Waals surface area contributed by atoms with Crippen molar-refractivity contribution in [3.63, 3.8) is 0 Å². The third kappa shape index (κ3) is 8.16. The van der Waals surface area contributed by atoms with Crippen LogP contribution in [0, 0.1) is 0 Å². The monoisotopic (exact) mass is 840 g/mol. The summed E-state index contributed by atoms with van der Waals surface area (Å²) in [6, 6.07) is 95.0. The van der Waals surface area contributed by atoms with E-state index in [1.54, 1.807) is 0 Å². The number of nitrogens with zero attached hydrogens (tertiary/aromatic N) is 2. The molecule has 2 heteroatoms. The Morgan fingerprint density at radius 1 is 0.182 bits per heavy atom. The van der Waals surface area contributed by atoms with Crippen LogP contribution in [0.15, 0.2) is 267 Å². The van der Waals surface area contributed by atoms with Crippen LogP contribution in [-0.4, -0.2) is 9.97 Å². The third-order valence-electron chi connectivity index (χ3n) is 12.3. The quantitative estimate of drug-likeness (QED) is 0.137. The van der Waals surface area contributed by atoms with Crippen molar-refractivity contribution in [2.45, 2.75) is 0 Å². The SMILES string of the molecule is c1ccc(-c2ccc(-c3cc(-c4cccc(-c5cc(-c6ccccc6)c(-c6ccccc6)c(-c6ccccc6)c5-c5ccccc5)c4)nc(-c4ccc(-c5ccccc5)cc4)n3)cc2)cc1. The lowest BCUT2D eigenvalue weighted by Crippen LogP contribution is -1.99. The van der Waals surface area contributed by atoms with Crippen molar-refractivity contribution >= 4 is 0 Å². The van der Waals surface area contributed by atoms with Crippen molar-refractivity contribution in [2.75, 3.05) is 0 Å². The predicted octanol–water partition coefficient (Wildman–Crippen LogP) is 17.1.